The van der Waals surface area contributed by atoms with Crippen LogP contribution in [0.25, 0.3) is 0 Å². The van der Waals surface area contributed by atoms with E-state index < -0.39 is 0 Å². The molecule has 0 saturated heterocycles. The molecule has 0 aliphatic rings. The van der Waals surface area contributed by atoms with Gasteiger partial charge in [0.1, 0.15) is 12.4 Å². The van der Waals surface area contributed by atoms with Gasteiger partial charge < -0.3 is 10.1 Å². The van der Waals surface area contributed by atoms with E-state index in [0.717, 1.165) is 27.5 Å². The lowest BCUT2D eigenvalue weighted by Gasteiger charge is -2.13. The van der Waals surface area contributed by atoms with Gasteiger partial charge in [-0.15, -0.1) is 11.3 Å². The molecule has 0 saturated carbocycles. The first-order valence-corrected chi connectivity index (χ1v) is 8.23. The molecule has 2 aromatic rings. The number of hydrogen-bond donors (Lipinski definition) is 1. The zero-order valence-electron chi connectivity index (χ0n) is 11.9. The van der Waals surface area contributed by atoms with Crippen molar-refractivity contribution in [3.63, 3.8) is 0 Å². The lowest BCUT2D eigenvalue weighted by Crippen LogP contribution is -2.24. The van der Waals surface area contributed by atoms with E-state index in [2.05, 4.69) is 40.1 Å². The normalized spacial score (nSPS) is 12.4. The third kappa shape index (κ3) is 4.30. The Morgan fingerprint density at radius 2 is 2.20 bits per heavy atom. The summed E-state index contributed by atoms with van der Waals surface area (Å²) in [5, 5.41) is 4.59. The molecule has 1 atom stereocenters. The van der Waals surface area contributed by atoms with Gasteiger partial charge in [0.15, 0.2) is 0 Å². The summed E-state index contributed by atoms with van der Waals surface area (Å²) in [6, 6.07) is 8.21. The van der Waals surface area contributed by atoms with Crippen molar-refractivity contribution in [3.05, 3.63) is 44.3 Å². The summed E-state index contributed by atoms with van der Waals surface area (Å²) in [4.78, 5) is 5.77. The van der Waals surface area contributed by atoms with Crippen LogP contribution in [-0.2, 0) is 0 Å². The van der Waals surface area contributed by atoms with Gasteiger partial charge in [-0.3, -0.25) is 0 Å². The van der Waals surface area contributed by atoms with Crippen molar-refractivity contribution >= 4 is 27.3 Å². The summed E-state index contributed by atoms with van der Waals surface area (Å²) < 4.78 is 6.74. The first-order valence-electron chi connectivity index (χ1n) is 6.62. The Hall–Kier alpha value is -0.910. The molecule has 108 valence electrons. The molecule has 0 fully saturated rings. The van der Waals surface area contributed by atoms with E-state index in [1.54, 1.807) is 11.3 Å². The van der Waals surface area contributed by atoms with E-state index in [9.17, 15) is 0 Å². The average molecular weight is 355 g/mol. The fourth-order valence-corrected chi connectivity index (χ4v) is 3.38. The zero-order chi connectivity index (χ0) is 14.5. The van der Waals surface area contributed by atoms with Gasteiger partial charge in [-0.05, 0) is 39.0 Å². The Morgan fingerprint density at radius 1 is 1.40 bits per heavy atom. The van der Waals surface area contributed by atoms with Gasteiger partial charge in [-0.1, -0.05) is 22.0 Å². The number of rotatable bonds is 6. The van der Waals surface area contributed by atoms with Crippen molar-refractivity contribution < 1.29 is 4.74 Å². The van der Waals surface area contributed by atoms with Gasteiger partial charge in [0.25, 0.3) is 0 Å². The molecular weight excluding hydrogens is 336 g/mol. The number of ether oxygens (including phenoxy) is 1. The highest BCUT2D eigenvalue weighted by atomic mass is 79.9. The van der Waals surface area contributed by atoms with Gasteiger partial charge in [0, 0.05) is 21.9 Å². The number of hydrogen-bond acceptors (Lipinski definition) is 4. The molecule has 0 amide bonds. The molecule has 1 N–H and O–H groups in total. The van der Waals surface area contributed by atoms with Crippen LogP contribution >= 0.6 is 27.3 Å². The predicted molar refractivity (Wildman–Crippen MR) is 87.6 cm³/mol. The third-order valence-corrected chi connectivity index (χ3v) is 4.70. The van der Waals surface area contributed by atoms with Crippen LogP contribution in [0.2, 0.25) is 0 Å². The molecule has 1 aromatic carbocycles. The standard InChI is InChI=1S/C15H19BrN2OS/c1-10(15-11(2)18-12(3)20-15)17-7-8-19-14-6-4-5-13(16)9-14/h4-6,9-10,17H,7-8H2,1-3H3. The van der Waals surface area contributed by atoms with Gasteiger partial charge in [-0.2, -0.15) is 0 Å². The van der Waals surface area contributed by atoms with Crippen molar-refractivity contribution in [3.8, 4) is 5.75 Å². The van der Waals surface area contributed by atoms with Crippen molar-refractivity contribution in [2.24, 2.45) is 0 Å². The Bertz CT molecular complexity index is 571. The molecule has 20 heavy (non-hydrogen) atoms. The summed E-state index contributed by atoms with van der Waals surface area (Å²) in [6.45, 7) is 7.74. The largest absolute Gasteiger partial charge is 0.492 e. The summed E-state index contributed by atoms with van der Waals surface area (Å²) in [5.41, 5.74) is 1.13. The number of halogens is 1. The second-order valence-corrected chi connectivity index (χ2v) is 6.81. The lowest BCUT2D eigenvalue weighted by atomic mass is 10.2. The molecule has 1 heterocycles. The summed E-state index contributed by atoms with van der Waals surface area (Å²) in [5.74, 6) is 0.888. The molecule has 1 unspecified atom stereocenters. The molecule has 0 aliphatic carbocycles. The van der Waals surface area contributed by atoms with Crippen LogP contribution in [0.5, 0.6) is 5.75 Å². The molecule has 0 radical (unpaired) electrons. The number of aromatic nitrogens is 1. The highest BCUT2D eigenvalue weighted by Crippen LogP contribution is 2.24. The fraction of sp³-hybridized carbons (Fsp3) is 0.400. The Kier molecular flexibility index (Phi) is 5.57. The Balaban J connectivity index is 1.77. The van der Waals surface area contributed by atoms with Gasteiger partial charge in [0.2, 0.25) is 0 Å². The van der Waals surface area contributed by atoms with Crippen molar-refractivity contribution in [2.45, 2.75) is 26.8 Å². The van der Waals surface area contributed by atoms with Crippen LogP contribution in [0.15, 0.2) is 28.7 Å². The van der Waals surface area contributed by atoms with Gasteiger partial charge in [0.05, 0.1) is 10.7 Å². The minimum atomic E-state index is 0.312. The highest BCUT2D eigenvalue weighted by molar-refractivity contribution is 9.10. The topological polar surface area (TPSA) is 34.2 Å². The Labute approximate surface area is 132 Å². The minimum absolute atomic E-state index is 0.312. The quantitative estimate of drug-likeness (QED) is 0.787. The third-order valence-electron chi connectivity index (χ3n) is 2.95. The molecule has 3 nitrogen and oxygen atoms in total. The number of nitrogens with zero attached hydrogens (tertiary/aromatic N) is 1. The molecule has 2 rings (SSSR count). The van der Waals surface area contributed by atoms with E-state index in [4.69, 9.17) is 4.74 Å². The molecule has 0 aliphatic heterocycles. The van der Waals surface area contributed by atoms with Crippen LogP contribution < -0.4 is 10.1 Å². The number of nitrogens with one attached hydrogen (secondary N) is 1. The van der Waals surface area contributed by atoms with Crippen LogP contribution in [0.3, 0.4) is 0 Å². The number of benzene rings is 1. The van der Waals surface area contributed by atoms with E-state index in [-0.39, 0.29) is 0 Å². The predicted octanol–water partition coefficient (Wildman–Crippen LogP) is 4.25. The first-order chi connectivity index (χ1) is 9.56. The minimum Gasteiger partial charge on any atom is -0.492 e. The smallest absolute Gasteiger partial charge is 0.120 e. The SMILES string of the molecule is Cc1nc(C)c(C(C)NCCOc2cccc(Br)c2)s1. The highest BCUT2D eigenvalue weighted by Gasteiger charge is 2.11. The first kappa shape index (κ1) is 15.5. The van der Waals surface area contributed by atoms with Crippen LogP contribution in [0.1, 0.15) is 28.5 Å². The van der Waals surface area contributed by atoms with Crippen LogP contribution in [0, 0.1) is 13.8 Å². The van der Waals surface area contributed by atoms with Gasteiger partial charge in [-0.25, -0.2) is 4.98 Å². The second kappa shape index (κ2) is 7.20. The second-order valence-electron chi connectivity index (χ2n) is 4.66. The monoisotopic (exact) mass is 354 g/mol. The maximum absolute atomic E-state index is 5.70. The van der Waals surface area contributed by atoms with E-state index >= 15 is 0 Å². The molecule has 1 aromatic heterocycles. The van der Waals surface area contributed by atoms with Crippen molar-refractivity contribution in [2.75, 3.05) is 13.2 Å². The molecule has 5 heteroatoms. The summed E-state index contributed by atoms with van der Waals surface area (Å²) in [6.07, 6.45) is 0. The number of aryl methyl sites for hydroxylation is 2. The van der Waals surface area contributed by atoms with Gasteiger partial charge >= 0.3 is 0 Å². The van der Waals surface area contributed by atoms with E-state index in [1.807, 2.05) is 31.2 Å². The average Bonchev–Trinajstić information content (AvgIpc) is 2.74. The van der Waals surface area contributed by atoms with E-state index in [1.165, 1.54) is 4.88 Å². The summed E-state index contributed by atoms with van der Waals surface area (Å²) in [7, 11) is 0. The molecular formula is C15H19BrN2OS. The maximum atomic E-state index is 5.70. The Morgan fingerprint density at radius 3 is 2.85 bits per heavy atom. The summed E-state index contributed by atoms with van der Waals surface area (Å²) >= 11 is 5.19. The van der Waals surface area contributed by atoms with Crippen molar-refractivity contribution in [1.29, 1.82) is 0 Å². The fourth-order valence-electron chi connectivity index (χ4n) is 2.04. The van der Waals surface area contributed by atoms with Crippen LogP contribution in [0.4, 0.5) is 0 Å². The van der Waals surface area contributed by atoms with E-state index in [0.29, 0.717) is 12.6 Å². The van der Waals surface area contributed by atoms with Crippen molar-refractivity contribution in [1.82, 2.24) is 10.3 Å². The lowest BCUT2D eigenvalue weighted by molar-refractivity contribution is 0.307. The number of thiazole rings is 1. The van der Waals surface area contributed by atoms with Crippen LogP contribution in [-0.4, -0.2) is 18.1 Å². The zero-order valence-corrected chi connectivity index (χ0v) is 14.3. The molecule has 0 bridgehead atoms. The maximum Gasteiger partial charge on any atom is 0.120 e. The molecule has 0 spiro atoms.